The summed E-state index contributed by atoms with van der Waals surface area (Å²) in [5.74, 6) is 1.75. The van der Waals surface area contributed by atoms with E-state index in [0.717, 1.165) is 12.6 Å². The summed E-state index contributed by atoms with van der Waals surface area (Å²) in [5, 5.41) is 0. The number of rotatable bonds is 0. The third kappa shape index (κ3) is 1.77. The van der Waals surface area contributed by atoms with Crippen LogP contribution in [0, 0.1) is 0 Å². The Kier molecular flexibility index (Phi) is 1.57. The molecule has 0 unspecified atom stereocenters. The van der Waals surface area contributed by atoms with Crippen LogP contribution in [0.3, 0.4) is 0 Å². The fraction of sp³-hybridized carbons (Fsp3) is 0.500. The molecule has 8 heavy (non-hydrogen) atoms. The minimum absolute atomic E-state index is 0.732. The summed E-state index contributed by atoms with van der Waals surface area (Å²) in [4.78, 5) is 0. The van der Waals surface area contributed by atoms with E-state index in [1.165, 1.54) is 0 Å². The first-order chi connectivity index (χ1) is 3.47. The molecule has 0 aromatic carbocycles. The summed E-state index contributed by atoms with van der Waals surface area (Å²) >= 11 is 17.4. The van der Waals surface area contributed by atoms with Crippen LogP contribution in [0.4, 0.5) is 0 Å². The predicted octanol–water partition coefficient (Wildman–Crippen LogP) is 3.92. The van der Waals surface area contributed by atoms with E-state index in [9.17, 15) is 0 Å². The molecule has 0 aromatic heterocycles. The molecule has 0 aliphatic carbocycles. The van der Waals surface area contributed by atoms with Crippen molar-refractivity contribution in [3.63, 3.8) is 0 Å². The first kappa shape index (κ1) is 7.15. The zero-order chi connectivity index (χ0) is 6.28. The van der Waals surface area contributed by atoms with Gasteiger partial charge in [-0.05, 0) is 0 Å². The maximum atomic E-state index is 5.80. The average Bonchev–Trinajstić information content (AvgIpc) is 1.81. The molecule has 1 aliphatic heterocycles. The second-order valence-corrected chi connectivity index (χ2v) is 13.2. The van der Waals surface area contributed by atoms with Crippen LogP contribution in [-0.4, -0.2) is 6.16 Å². The first-order valence-electron chi connectivity index (χ1n) is 2.32. The van der Waals surface area contributed by atoms with Crippen LogP contribution in [0.2, 0.25) is 0 Å². The Bertz CT molecular complexity index is 132. The summed E-state index contributed by atoms with van der Waals surface area (Å²) in [6.45, 7) is 0. The van der Waals surface area contributed by atoms with Gasteiger partial charge in [0.25, 0.3) is 0 Å². The Balaban J connectivity index is 2.83. The minimum atomic E-state index is -2.75. The molecular formula is C4H6Cl3P. The molecule has 1 heterocycles. The maximum absolute atomic E-state index is 5.80. The molecule has 0 bridgehead atoms. The number of halogens is 3. The van der Waals surface area contributed by atoms with E-state index in [1.54, 1.807) is 5.82 Å². The number of hydrogen-bond acceptors (Lipinski definition) is 0. The standard InChI is InChI=1S/C4H6Cl3P/c5-8(6,7)3-1-2-4-8/h1,3H,2,4H2. The van der Waals surface area contributed by atoms with Crippen molar-refractivity contribution in [1.82, 2.24) is 0 Å². The third-order valence-electron chi connectivity index (χ3n) is 1.06. The van der Waals surface area contributed by atoms with Crippen molar-refractivity contribution in [2.24, 2.45) is 0 Å². The van der Waals surface area contributed by atoms with Gasteiger partial charge < -0.3 is 0 Å². The van der Waals surface area contributed by atoms with Crippen molar-refractivity contribution < 1.29 is 0 Å². The van der Waals surface area contributed by atoms with Crippen LogP contribution < -0.4 is 0 Å². The van der Waals surface area contributed by atoms with E-state index in [1.807, 2.05) is 6.08 Å². The van der Waals surface area contributed by atoms with E-state index < -0.39 is 4.66 Å². The third-order valence-corrected chi connectivity index (χ3v) is 5.38. The molecule has 0 amide bonds. The summed E-state index contributed by atoms with van der Waals surface area (Å²) in [6, 6.07) is 0. The monoisotopic (exact) mass is 190 g/mol. The Morgan fingerprint density at radius 3 is 2.00 bits per heavy atom. The first-order valence-corrected chi connectivity index (χ1v) is 7.53. The second kappa shape index (κ2) is 1.76. The van der Waals surface area contributed by atoms with Gasteiger partial charge in [-0.15, -0.1) is 0 Å². The molecule has 0 aromatic rings. The van der Waals surface area contributed by atoms with Gasteiger partial charge in [-0.25, -0.2) is 0 Å². The van der Waals surface area contributed by atoms with E-state index in [4.69, 9.17) is 33.7 Å². The fourth-order valence-corrected chi connectivity index (χ4v) is 3.51. The number of hydrogen-bond donors (Lipinski definition) is 0. The quantitative estimate of drug-likeness (QED) is 0.509. The predicted molar refractivity (Wildman–Crippen MR) is 43.1 cm³/mol. The van der Waals surface area contributed by atoms with Gasteiger partial charge in [-0.3, -0.25) is 0 Å². The molecule has 0 spiro atoms. The molecule has 0 saturated carbocycles. The van der Waals surface area contributed by atoms with E-state index in [2.05, 4.69) is 0 Å². The van der Waals surface area contributed by atoms with Crippen LogP contribution in [0.15, 0.2) is 11.9 Å². The molecule has 0 nitrogen and oxygen atoms in total. The van der Waals surface area contributed by atoms with Crippen molar-refractivity contribution in [3.05, 3.63) is 11.9 Å². The summed E-state index contributed by atoms with van der Waals surface area (Å²) in [5.41, 5.74) is 0. The second-order valence-electron chi connectivity index (χ2n) is 1.92. The van der Waals surface area contributed by atoms with Gasteiger partial charge in [0.15, 0.2) is 0 Å². The van der Waals surface area contributed by atoms with Crippen molar-refractivity contribution in [3.8, 4) is 0 Å². The van der Waals surface area contributed by atoms with Crippen LogP contribution >= 0.6 is 38.4 Å². The Hall–Kier alpha value is 1.04. The van der Waals surface area contributed by atoms with E-state index in [-0.39, 0.29) is 0 Å². The van der Waals surface area contributed by atoms with Gasteiger partial charge in [0.05, 0.1) is 0 Å². The Labute approximate surface area is 63.1 Å². The molecule has 48 valence electrons. The summed E-state index contributed by atoms with van der Waals surface area (Å²) < 4.78 is -2.75. The van der Waals surface area contributed by atoms with Crippen LogP contribution in [-0.2, 0) is 0 Å². The number of allylic oxidation sites excluding steroid dienone is 1. The SMILES string of the molecule is ClP1(Cl)(Cl)C=CCC1. The topological polar surface area (TPSA) is 0 Å². The van der Waals surface area contributed by atoms with Gasteiger partial charge in [0.1, 0.15) is 0 Å². The molecule has 1 aliphatic rings. The summed E-state index contributed by atoms with van der Waals surface area (Å²) in [6.07, 6.45) is 3.59. The van der Waals surface area contributed by atoms with Crippen molar-refractivity contribution in [2.45, 2.75) is 6.42 Å². The summed E-state index contributed by atoms with van der Waals surface area (Å²) in [7, 11) is 0. The van der Waals surface area contributed by atoms with Gasteiger partial charge in [-0.1, -0.05) is 0 Å². The fourth-order valence-electron chi connectivity index (χ4n) is 0.639. The Morgan fingerprint density at radius 2 is 1.88 bits per heavy atom. The van der Waals surface area contributed by atoms with Gasteiger partial charge in [0.2, 0.25) is 0 Å². The molecule has 0 N–H and O–H groups in total. The zero-order valence-electron chi connectivity index (χ0n) is 4.15. The molecule has 0 saturated heterocycles. The molecule has 0 atom stereocenters. The van der Waals surface area contributed by atoms with Gasteiger partial charge in [0, 0.05) is 0 Å². The molecule has 0 radical (unpaired) electrons. The molecule has 1 rings (SSSR count). The van der Waals surface area contributed by atoms with E-state index in [0.29, 0.717) is 0 Å². The molecule has 0 fully saturated rings. The van der Waals surface area contributed by atoms with Crippen molar-refractivity contribution in [2.75, 3.05) is 6.16 Å². The Morgan fingerprint density at radius 1 is 1.25 bits per heavy atom. The average molecular weight is 191 g/mol. The van der Waals surface area contributed by atoms with Gasteiger partial charge in [-0.2, -0.15) is 0 Å². The van der Waals surface area contributed by atoms with Crippen LogP contribution in [0.25, 0.3) is 0 Å². The van der Waals surface area contributed by atoms with Crippen LogP contribution in [0.5, 0.6) is 0 Å². The molecular weight excluding hydrogens is 185 g/mol. The van der Waals surface area contributed by atoms with Crippen LogP contribution in [0.1, 0.15) is 6.42 Å². The van der Waals surface area contributed by atoms with Gasteiger partial charge >= 0.3 is 62.9 Å². The van der Waals surface area contributed by atoms with E-state index >= 15 is 0 Å². The van der Waals surface area contributed by atoms with Crippen molar-refractivity contribution >= 4 is 38.4 Å². The van der Waals surface area contributed by atoms with Crippen molar-refractivity contribution in [1.29, 1.82) is 0 Å². The molecule has 4 heteroatoms. The zero-order valence-corrected chi connectivity index (χ0v) is 7.31. The normalized spacial score (nSPS) is 36.1.